The van der Waals surface area contributed by atoms with E-state index in [1.54, 1.807) is 4.90 Å². The van der Waals surface area contributed by atoms with Gasteiger partial charge in [0.15, 0.2) is 0 Å². The molecular weight excluding hydrogens is 322 g/mol. The van der Waals surface area contributed by atoms with Crippen molar-refractivity contribution in [2.75, 3.05) is 13.1 Å². The number of rotatable bonds is 9. The summed E-state index contributed by atoms with van der Waals surface area (Å²) in [6.45, 7) is 7.96. The Kier molecular flexibility index (Phi) is 8.67. The van der Waals surface area contributed by atoms with Crippen molar-refractivity contribution in [3.8, 4) is 11.5 Å². The smallest absolute Gasteiger partial charge is 0.308 e. The monoisotopic (exact) mass is 349 g/mol. The van der Waals surface area contributed by atoms with E-state index >= 15 is 0 Å². The number of carbonyl (C=O) groups is 3. The standard InChI is InChI=1S/C19H27NO5/c1-5-7-11-20(12-8-6-2)19(23)17-13-16(24-14(3)21)9-10-18(17)25-15(4)22/h9-10,13H,5-8,11-12H2,1-4H3. The molecule has 0 fully saturated rings. The molecule has 0 aromatic heterocycles. The average Bonchev–Trinajstić information content (AvgIpc) is 2.55. The predicted octanol–water partition coefficient (Wildman–Crippen LogP) is 3.58. The Bertz CT molecular complexity index is 604. The maximum Gasteiger partial charge on any atom is 0.308 e. The van der Waals surface area contributed by atoms with Gasteiger partial charge in [0, 0.05) is 26.9 Å². The van der Waals surface area contributed by atoms with Crippen molar-refractivity contribution in [2.45, 2.75) is 53.4 Å². The zero-order valence-corrected chi connectivity index (χ0v) is 15.5. The van der Waals surface area contributed by atoms with E-state index in [2.05, 4.69) is 13.8 Å². The lowest BCUT2D eigenvalue weighted by Gasteiger charge is -2.23. The summed E-state index contributed by atoms with van der Waals surface area (Å²) < 4.78 is 10.2. The lowest BCUT2D eigenvalue weighted by molar-refractivity contribution is -0.133. The Hall–Kier alpha value is -2.37. The number of carbonyl (C=O) groups excluding carboxylic acids is 3. The number of ether oxygens (including phenoxy) is 2. The molecule has 25 heavy (non-hydrogen) atoms. The largest absolute Gasteiger partial charge is 0.427 e. The van der Waals surface area contributed by atoms with Crippen LogP contribution in [0.5, 0.6) is 11.5 Å². The summed E-state index contributed by atoms with van der Waals surface area (Å²) in [5.74, 6) is -0.799. The molecule has 0 saturated heterocycles. The number of nitrogens with zero attached hydrogens (tertiary/aromatic N) is 1. The van der Waals surface area contributed by atoms with Crippen molar-refractivity contribution in [3.63, 3.8) is 0 Å². The summed E-state index contributed by atoms with van der Waals surface area (Å²) in [6.07, 6.45) is 3.73. The van der Waals surface area contributed by atoms with E-state index in [4.69, 9.17) is 9.47 Å². The third-order valence-corrected chi connectivity index (χ3v) is 3.55. The molecule has 0 spiro atoms. The van der Waals surface area contributed by atoms with Crippen molar-refractivity contribution in [3.05, 3.63) is 23.8 Å². The number of unbranched alkanes of at least 4 members (excludes halogenated alkanes) is 2. The highest BCUT2D eigenvalue weighted by atomic mass is 16.5. The highest BCUT2D eigenvalue weighted by molar-refractivity contribution is 5.98. The Balaban J connectivity index is 3.18. The first-order chi connectivity index (χ1) is 11.9. The van der Waals surface area contributed by atoms with E-state index in [-0.39, 0.29) is 23.0 Å². The first-order valence-corrected chi connectivity index (χ1v) is 8.69. The van der Waals surface area contributed by atoms with E-state index in [0.29, 0.717) is 13.1 Å². The number of hydrogen-bond acceptors (Lipinski definition) is 5. The molecule has 0 radical (unpaired) electrons. The van der Waals surface area contributed by atoms with Crippen LogP contribution < -0.4 is 9.47 Å². The number of amides is 1. The molecule has 0 bridgehead atoms. The fraction of sp³-hybridized carbons (Fsp3) is 0.526. The molecular formula is C19H27NO5. The minimum absolute atomic E-state index is 0.173. The third-order valence-electron chi connectivity index (χ3n) is 3.55. The molecule has 0 N–H and O–H groups in total. The van der Waals surface area contributed by atoms with E-state index in [1.807, 2.05) is 0 Å². The zero-order chi connectivity index (χ0) is 18.8. The summed E-state index contributed by atoms with van der Waals surface area (Å²) in [6, 6.07) is 4.43. The van der Waals surface area contributed by atoms with Gasteiger partial charge in [0.25, 0.3) is 5.91 Å². The Morgan fingerprint density at radius 1 is 0.920 bits per heavy atom. The van der Waals surface area contributed by atoms with Crippen LogP contribution >= 0.6 is 0 Å². The predicted molar refractivity (Wildman–Crippen MR) is 94.8 cm³/mol. The third kappa shape index (κ3) is 6.95. The quantitative estimate of drug-likeness (QED) is 0.503. The topological polar surface area (TPSA) is 72.9 Å². The van der Waals surface area contributed by atoms with Crippen LogP contribution in [0, 0.1) is 0 Å². The molecule has 0 atom stereocenters. The summed E-state index contributed by atoms with van der Waals surface area (Å²) >= 11 is 0. The first-order valence-electron chi connectivity index (χ1n) is 8.69. The van der Waals surface area contributed by atoms with Gasteiger partial charge < -0.3 is 14.4 Å². The first kappa shape index (κ1) is 20.7. The van der Waals surface area contributed by atoms with E-state index < -0.39 is 11.9 Å². The molecule has 1 rings (SSSR count). The van der Waals surface area contributed by atoms with Gasteiger partial charge >= 0.3 is 11.9 Å². The number of benzene rings is 1. The van der Waals surface area contributed by atoms with Gasteiger partial charge in [0.2, 0.25) is 0 Å². The summed E-state index contributed by atoms with van der Waals surface area (Å²) in [5, 5.41) is 0. The van der Waals surface area contributed by atoms with Gasteiger partial charge in [-0.1, -0.05) is 26.7 Å². The molecule has 6 nitrogen and oxygen atoms in total. The molecule has 1 amide bonds. The molecule has 0 aliphatic heterocycles. The van der Waals surface area contributed by atoms with Crippen molar-refractivity contribution >= 4 is 17.8 Å². The van der Waals surface area contributed by atoms with Crippen molar-refractivity contribution in [1.29, 1.82) is 0 Å². The molecule has 1 aromatic carbocycles. The van der Waals surface area contributed by atoms with Crippen LogP contribution in [0.3, 0.4) is 0 Å². The van der Waals surface area contributed by atoms with Crippen LogP contribution in [0.4, 0.5) is 0 Å². The second-order valence-electron chi connectivity index (χ2n) is 5.84. The van der Waals surface area contributed by atoms with E-state index in [9.17, 15) is 14.4 Å². The number of hydrogen-bond donors (Lipinski definition) is 0. The normalized spacial score (nSPS) is 10.2. The van der Waals surface area contributed by atoms with Crippen molar-refractivity contribution < 1.29 is 23.9 Å². The highest BCUT2D eigenvalue weighted by Gasteiger charge is 2.21. The minimum atomic E-state index is -0.511. The van der Waals surface area contributed by atoms with E-state index in [0.717, 1.165) is 25.7 Å². The SMILES string of the molecule is CCCCN(CCCC)C(=O)c1cc(OC(C)=O)ccc1OC(C)=O. The molecule has 0 heterocycles. The molecule has 1 aromatic rings. The molecule has 6 heteroatoms. The number of esters is 2. The van der Waals surface area contributed by atoms with E-state index in [1.165, 1.54) is 32.0 Å². The maximum absolute atomic E-state index is 13.0. The molecule has 0 unspecified atom stereocenters. The van der Waals surface area contributed by atoms with Gasteiger partial charge in [-0.25, -0.2) is 0 Å². The second kappa shape index (κ2) is 10.5. The van der Waals surface area contributed by atoms with Gasteiger partial charge in [-0.15, -0.1) is 0 Å². The van der Waals surface area contributed by atoms with Gasteiger partial charge in [-0.05, 0) is 31.0 Å². The van der Waals surface area contributed by atoms with Crippen LogP contribution in [0.1, 0.15) is 63.7 Å². The highest BCUT2D eigenvalue weighted by Crippen LogP contribution is 2.26. The fourth-order valence-electron chi connectivity index (χ4n) is 2.33. The zero-order valence-electron chi connectivity index (χ0n) is 15.5. The van der Waals surface area contributed by atoms with Gasteiger partial charge in [-0.2, -0.15) is 0 Å². The summed E-state index contributed by atoms with van der Waals surface area (Å²) in [7, 11) is 0. The van der Waals surface area contributed by atoms with Gasteiger partial charge in [0.05, 0.1) is 5.56 Å². The maximum atomic E-state index is 13.0. The van der Waals surface area contributed by atoms with Crippen LogP contribution in [0.2, 0.25) is 0 Å². The van der Waals surface area contributed by atoms with Crippen molar-refractivity contribution in [1.82, 2.24) is 4.90 Å². The Labute approximate surface area is 149 Å². The van der Waals surface area contributed by atoms with Crippen molar-refractivity contribution in [2.24, 2.45) is 0 Å². The average molecular weight is 349 g/mol. The molecule has 138 valence electrons. The minimum Gasteiger partial charge on any atom is -0.427 e. The lowest BCUT2D eigenvalue weighted by atomic mass is 10.1. The Morgan fingerprint density at radius 3 is 1.96 bits per heavy atom. The van der Waals surface area contributed by atoms with Gasteiger partial charge in [-0.3, -0.25) is 14.4 Å². The van der Waals surface area contributed by atoms with Crippen LogP contribution in [0.15, 0.2) is 18.2 Å². The molecule has 0 aliphatic rings. The van der Waals surface area contributed by atoms with Crippen LogP contribution in [-0.2, 0) is 9.59 Å². The summed E-state index contributed by atoms with van der Waals surface area (Å²) in [4.78, 5) is 37.3. The Morgan fingerprint density at radius 2 is 1.48 bits per heavy atom. The molecule has 0 aliphatic carbocycles. The van der Waals surface area contributed by atoms with Crippen LogP contribution in [-0.4, -0.2) is 35.8 Å². The molecule has 0 saturated carbocycles. The van der Waals surface area contributed by atoms with Crippen LogP contribution in [0.25, 0.3) is 0 Å². The fourth-order valence-corrected chi connectivity index (χ4v) is 2.33. The van der Waals surface area contributed by atoms with Gasteiger partial charge in [0.1, 0.15) is 11.5 Å². The lowest BCUT2D eigenvalue weighted by Crippen LogP contribution is -2.33. The summed E-state index contributed by atoms with van der Waals surface area (Å²) in [5.41, 5.74) is 0.223. The second-order valence-corrected chi connectivity index (χ2v) is 5.84.